The van der Waals surface area contributed by atoms with Crippen LogP contribution in [0.2, 0.25) is 0 Å². The lowest BCUT2D eigenvalue weighted by atomic mass is 10.1. The predicted octanol–water partition coefficient (Wildman–Crippen LogP) is 0.101. The maximum atomic E-state index is 8.56. The molecule has 0 atom stereocenters. The van der Waals surface area contributed by atoms with Gasteiger partial charge in [0.15, 0.2) is 0 Å². The second-order valence-electron chi connectivity index (χ2n) is 3.18. The van der Waals surface area contributed by atoms with Gasteiger partial charge in [-0.3, -0.25) is 0 Å². The zero-order chi connectivity index (χ0) is 9.26. The van der Waals surface area contributed by atoms with Crippen LogP contribution in [0.3, 0.4) is 0 Å². The number of rotatable bonds is 1. The Morgan fingerprint density at radius 3 is 2.77 bits per heavy atom. The molecule has 0 saturated carbocycles. The largest absolute Gasteiger partial charge is 0.353 e. The molecule has 2 heterocycles. The topological polar surface area (TPSA) is 65.9 Å². The van der Waals surface area contributed by atoms with Crippen molar-refractivity contribution in [1.29, 1.82) is 5.26 Å². The highest BCUT2D eigenvalue weighted by molar-refractivity contribution is 5.44. The van der Waals surface area contributed by atoms with Gasteiger partial charge in [-0.2, -0.15) is 5.26 Å². The summed E-state index contributed by atoms with van der Waals surface area (Å²) >= 11 is 0. The van der Waals surface area contributed by atoms with Gasteiger partial charge < -0.3 is 10.6 Å². The summed E-state index contributed by atoms with van der Waals surface area (Å²) in [4.78, 5) is 6.24. The van der Waals surface area contributed by atoms with Crippen LogP contribution in [0, 0.1) is 11.3 Å². The van der Waals surface area contributed by atoms with E-state index in [1.54, 1.807) is 12.3 Å². The molecule has 2 rings (SSSR count). The van der Waals surface area contributed by atoms with E-state index in [1.807, 2.05) is 12.1 Å². The van der Waals surface area contributed by atoms with E-state index in [9.17, 15) is 0 Å². The lowest BCUT2D eigenvalue weighted by Gasteiger charge is -2.37. The fraction of sp³-hybridized carbons (Fsp3) is 0.333. The summed E-state index contributed by atoms with van der Waals surface area (Å²) in [5, 5.41) is 8.56. The first-order chi connectivity index (χ1) is 6.29. The van der Waals surface area contributed by atoms with Crippen LogP contribution >= 0.6 is 0 Å². The second-order valence-corrected chi connectivity index (χ2v) is 3.18. The Labute approximate surface area is 76.6 Å². The van der Waals surface area contributed by atoms with Crippen LogP contribution in [0.15, 0.2) is 18.3 Å². The van der Waals surface area contributed by atoms with Gasteiger partial charge in [0.05, 0.1) is 5.56 Å². The summed E-state index contributed by atoms with van der Waals surface area (Å²) in [7, 11) is 0. The fourth-order valence-electron chi connectivity index (χ4n) is 1.34. The van der Waals surface area contributed by atoms with Crippen molar-refractivity contribution in [2.24, 2.45) is 5.73 Å². The molecule has 0 unspecified atom stereocenters. The van der Waals surface area contributed by atoms with E-state index in [1.165, 1.54) is 0 Å². The molecule has 13 heavy (non-hydrogen) atoms. The summed E-state index contributed by atoms with van der Waals surface area (Å²) in [6, 6.07) is 5.93. The van der Waals surface area contributed by atoms with E-state index in [0.717, 1.165) is 18.9 Å². The molecule has 4 nitrogen and oxygen atoms in total. The van der Waals surface area contributed by atoms with Gasteiger partial charge in [0.2, 0.25) is 0 Å². The van der Waals surface area contributed by atoms with Crippen molar-refractivity contribution >= 4 is 5.82 Å². The number of hydrogen-bond donors (Lipinski definition) is 1. The van der Waals surface area contributed by atoms with E-state index in [-0.39, 0.29) is 6.04 Å². The Kier molecular flexibility index (Phi) is 1.87. The van der Waals surface area contributed by atoms with E-state index in [4.69, 9.17) is 11.0 Å². The predicted molar refractivity (Wildman–Crippen MR) is 49.1 cm³/mol. The Morgan fingerprint density at radius 1 is 1.54 bits per heavy atom. The minimum Gasteiger partial charge on any atom is -0.353 e. The molecule has 1 saturated heterocycles. The Morgan fingerprint density at radius 2 is 2.31 bits per heavy atom. The normalized spacial score (nSPS) is 16.5. The van der Waals surface area contributed by atoms with Crippen molar-refractivity contribution in [3.63, 3.8) is 0 Å². The molecule has 0 amide bonds. The highest BCUT2D eigenvalue weighted by Gasteiger charge is 2.23. The molecular weight excluding hydrogens is 164 g/mol. The van der Waals surface area contributed by atoms with Gasteiger partial charge in [0.25, 0.3) is 0 Å². The van der Waals surface area contributed by atoms with Crippen LogP contribution in [0.25, 0.3) is 0 Å². The Hall–Kier alpha value is -1.60. The zero-order valence-electron chi connectivity index (χ0n) is 7.14. The van der Waals surface area contributed by atoms with Gasteiger partial charge >= 0.3 is 0 Å². The number of nitriles is 1. The first kappa shape index (κ1) is 8.02. The van der Waals surface area contributed by atoms with E-state index in [0.29, 0.717) is 5.56 Å². The molecule has 4 heteroatoms. The third-order valence-corrected chi connectivity index (χ3v) is 2.11. The molecule has 0 radical (unpaired) electrons. The van der Waals surface area contributed by atoms with Crippen LogP contribution < -0.4 is 10.6 Å². The number of nitrogens with two attached hydrogens (primary N) is 1. The van der Waals surface area contributed by atoms with Crippen LogP contribution in [0.4, 0.5) is 5.82 Å². The van der Waals surface area contributed by atoms with Gasteiger partial charge in [0, 0.05) is 25.3 Å². The van der Waals surface area contributed by atoms with Crippen LogP contribution in [0.5, 0.6) is 0 Å². The highest BCUT2D eigenvalue weighted by Crippen LogP contribution is 2.16. The van der Waals surface area contributed by atoms with Crippen molar-refractivity contribution in [3.8, 4) is 6.07 Å². The van der Waals surface area contributed by atoms with E-state index < -0.39 is 0 Å². The van der Waals surface area contributed by atoms with Gasteiger partial charge in [-0.15, -0.1) is 0 Å². The summed E-state index contributed by atoms with van der Waals surface area (Å²) in [6.07, 6.45) is 1.58. The quantitative estimate of drug-likeness (QED) is 0.655. The lowest BCUT2D eigenvalue weighted by molar-refractivity contribution is 0.514. The summed E-state index contributed by atoms with van der Waals surface area (Å²) < 4.78 is 0. The smallest absolute Gasteiger partial charge is 0.128 e. The van der Waals surface area contributed by atoms with Crippen LogP contribution in [0.1, 0.15) is 5.56 Å². The van der Waals surface area contributed by atoms with Crippen LogP contribution in [-0.2, 0) is 0 Å². The summed E-state index contributed by atoms with van der Waals surface area (Å²) in [6.45, 7) is 1.72. The SMILES string of the molecule is N#Cc1ccc(N2CC(N)C2)nc1. The first-order valence-electron chi connectivity index (χ1n) is 4.16. The van der Waals surface area contributed by atoms with E-state index in [2.05, 4.69) is 9.88 Å². The Balaban J connectivity index is 2.11. The third-order valence-electron chi connectivity index (χ3n) is 2.11. The molecule has 0 spiro atoms. The maximum Gasteiger partial charge on any atom is 0.128 e. The van der Waals surface area contributed by atoms with Crippen molar-refractivity contribution in [1.82, 2.24) is 4.98 Å². The number of aromatic nitrogens is 1. The molecule has 66 valence electrons. The van der Waals surface area contributed by atoms with Gasteiger partial charge in [0.1, 0.15) is 11.9 Å². The summed E-state index contributed by atoms with van der Waals surface area (Å²) in [5.74, 6) is 0.903. The molecule has 1 aliphatic heterocycles. The molecule has 1 aliphatic rings. The average molecular weight is 174 g/mol. The Bertz CT molecular complexity index is 332. The number of anilines is 1. The molecule has 1 fully saturated rings. The van der Waals surface area contributed by atoms with Crippen molar-refractivity contribution in [2.45, 2.75) is 6.04 Å². The number of nitrogens with zero attached hydrogens (tertiary/aromatic N) is 3. The second kappa shape index (κ2) is 3.04. The maximum absolute atomic E-state index is 8.56. The molecule has 0 aliphatic carbocycles. The van der Waals surface area contributed by atoms with Crippen molar-refractivity contribution in [2.75, 3.05) is 18.0 Å². The molecule has 0 bridgehead atoms. The number of hydrogen-bond acceptors (Lipinski definition) is 4. The van der Waals surface area contributed by atoms with Gasteiger partial charge in [-0.1, -0.05) is 0 Å². The standard InChI is InChI=1S/C9H10N4/c10-3-7-1-2-9(12-4-7)13-5-8(11)6-13/h1-2,4,8H,5-6,11H2. The van der Waals surface area contributed by atoms with E-state index >= 15 is 0 Å². The molecule has 2 N–H and O–H groups in total. The van der Waals surface area contributed by atoms with Crippen LogP contribution in [-0.4, -0.2) is 24.1 Å². The lowest BCUT2D eigenvalue weighted by Crippen LogP contribution is -2.56. The first-order valence-corrected chi connectivity index (χ1v) is 4.16. The monoisotopic (exact) mass is 174 g/mol. The minimum atomic E-state index is 0.275. The minimum absolute atomic E-state index is 0.275. The highest BCUT2D eigenvalue weighted by atomic mass is 15.3. The molecular formula is C9H10N4. The number of pyridine rings is 1. The zero-order valence-corrected chi connectivity index (χ0v) is 7.14. The summed E-state index contributed by atoms with van der Waals surface area (Å²) in [5.41, 5.74) is 6.23. The third kappa shape index (κ3) is 1.46. The van der Waals surface area contributed by atoms with Gasteiger partial charge in [-0.05, 0) is 12.1 Å². The molecule has 0 aromatic carbocycles. The van der Waals surface area contributed by atoms with Crippen molar-refractivity contribution in [3.05, 3.63) is 23.9 Å². The fourth-order valence-corrected chi connectivity index (χ4v) is 1.34. The molecule has 1 aromatic rings. The van der Waals surface area contributed by atoms with Crippen molar-refractivity contribution < 1.29 is 0 Å². The molecule has 1 aromatic heterocycles. The van der Waals surface area contributed by atoms with Gasteiger partial charge in [-0.25, -0.2) is 4.98 Å². The average Bonchev–Trinajstić information content (AvgIpc) is 2.13.